The lowest BCUT2D eigenvalue weighted by Gasteiger charge is -2.35. The molecule has 1 fully saturated rings. The van der Waals surface area contributed by atoms with Gasteiger partial charge in [0.05, 0.1) is 11.7 Å². The molecule has 2 N–H and O–H groups in total. The summed E-state index contributed by atoms with van der Waals surface area (Å²) in [6, 6.07) is 5.47. The average Bonchev–Trinajstić information content (AvgIpc) is 3.35. The van der Waals surface area contributed by atoms with Gasteiger partial charge in [-0.25, -0.2) is 18.7 Å². The molecule has 1 saturated heterocycles. The van der Waals surface area contributed by atoms with E-state index in [9.17, 15) is 23.6 Å². The van der Waals surface area contributed by atoms with Crippen LogP contribution < -0.4 is 16.4 Å². The number of hydrogen-bond donors (Lipinski definition) is 2. The first-order valence-electron chi connectivity index (χ1n) is 10.2. The average molecular weight is 467 g/mol. The van der Waals surface area contributed by atoms with Crippen molar-refractivity contribution in [3.05, 3.63) is 63.8 Å². The van der Waals surface area contributed by atoms with Crippen molar-refractivity contribution < 1.29 is 23.2 Å². The molecule has 34 heavy (non-hydrogen) atoms. The summed E-state index contributed by atoms with van der Waals surface area (Å²) in [7, 11) is 3.17. The molecule has 4 heterocycles. The first-order chi connectivity index (χ1) is 16.2. The summed E-state index contributed by atoms with van der Waals surface area (Å²) < 4.78 is 21.6. The van der Waals surface area contributed by atoms with Crippen molar-refractivity contribution in [3.63, 3.8) is 0 Å². The summed E-state index contributed by atoms with van der Waals surface area (Å²) in [4.78, 5) is 54.5. The van der Waals surface area contributed by atoms with Gasteiger partial charge in [0, 0.05) is 33.3 Å². The molecule has 174 valence electrons. The molecular formula is C21H18FN7O5. The lowest BCUT2D eigenvalue weighted by molar-refractivity contribution is -0.141. The van der Waals surface area contributed by atoms with Gasteiger partial charge in [0.2, 0.25) is 5.91 Å². The van der Waals surface area contributed by atoms with E-state index in [1.807, 2.05) is 0 Å². The Bertz CT molecular complexity index is 1550. The zero-order valence-electron chi connectivity index (χ0n) is 18.0. The first kappa shape index (κ1) is 21.3. The van der Waals surface area contributed by atoms with Crippen LogP contribution in [-0.4, -0.2) is 61.4 Å². The molecule has 3 amide bonds. The Hall–Kier alpha value is -4.55. The Kier molecular flexibility index (Phi) is 4.88. The lowest BCUT2D eigenvalue weighted by Crippen LogP contribution is -2.62. The number of oxazole rings is 1. The highest BCUT2D eigenvalue weighted by Crippen LogP contribution is 2.16. The van der Waals surface area contributed by atoms with E-state index in [-0.39, 0.29) is 29.5 Å². The molecule has 3 aromatic heterocycles. The maximum Gasteiger partial charge on any atom is 0.419 e. The number of nitrogens with zero attached hydrogens (tertiary/aromatic N) is 5. The van der Waals surface area contributed by atoms with Crippen LogP contribution in [0.3, 0.4) is 0 Å². The van der Waals surface area contributed by atoms with Crippen molar-refractivity contribution in [3.8, 4) is 0 Å². The third-order valence-corrected chi connectivity index (χ3v) is 5.64. The minimum atomic E-state index is -0.811. The van der Waals surface area contributed by atoms with Crippen LogP contribution in [0.1, 0.15) is 26.5 Å². The van der Waals surface area contributed by atoms with Crippen LogP contribution in [0.15, 0.2) is 39.7 Å². The van der Waals surface area contributed by atoms with Gasteiger partial charge in [-0.05, 0) is 17.7 Å². The molecule has 1 atom stereocenters. The number of carbonyl (C=O) groups is 3. The highest BCUT2D eigenvalue weighted by atomic mass is 19.1. The molecule has 0 saturated carbocycles. The molecule has 4 aromatic rings. The molecular weight excluding hydrogens is 449 g/mol. The number of carbonyl (C=O) groups excluding carboxylic acids is 3. The summed E-state index contributed by atoms with van der Waals surface area (Å²) in [6.07, 6.45) is 0.882. The lowest BCUT2D eigenvalue weighted by atomic mass is 10.1. The van der Waals surface area contributed by atoms with Crippen molar-refractivity contribution in [2.24, 2.45) is 7.05 Å². The second-order valence-corrected chi connectivity index (χ2v) is 7.91. The standard InChI is InChI=1S/C21H18FN7O5/c1-27-9-13(20(27)32)26-19(31)15-6-12(25-17-11(22)8-24-29(15)17)18(30)23-7-10-3-4-16-14(5-10)28(2)21(33)34-16/h3-6,8,13H,7,9H2,1-2H3,(H,23,30)(H,26,31)/t13-/m0/s1. The fourth-order valence-corrected chi connectivity index (χ4v) is 3.70. The number of aromatic nitrogens is 4. The van der Waals surface area contributed by atoms with Gasteiger partial charge in [-0.1, -0.05) is 6.07 Å². The van der Waals surface area contributed by atoms with Gasteiger partial charge in [0.1, 0.15) is 17.4 Å². The van der Waals surface area contributed by atoms with Crippen LogP contribution in [0.5, 0.6) is 0 Å². The number of benzene rings is 1. The molecule has 0 unspecified atom stereocenters. The number of β-lactam (4-membered cyclic amide) rings is 1. The summed E-state index contributed by atoms with van der Waals surface area (Å²) >= 11 is 0. The maximum atomic E-state index is 14.2. The van der Waals surface area contributed by atoms with E-state index in [1.54, 1.807) is 32.3 Å². The number of likely N-dealkylation sites (N-methyl/N-ethyl adjacent to an activating group) is 1. The minimum absolute atomic E-state index is 0.0766. The number of aryl methyl sites for hydroxylation is 1. The second kappa shape index (κ2) is 7.79. The molecule has 0 aliphatic carbocycles. The molecule has 1 aliphatic heterocycles. The Morgan fingerprint density at radius 3 is 2.74 bits per heavy atom. The predicted octanol–water partition coefficient (Wildman–Crippen LogP) is -0.186. The van der Waals surface area contributed by atoms with E-state index in [4.69, 9.17) is 4.42 Å². The number of nitrogens with one attached hydrogen (secondary N) is 2. The number of amides is 3. The van der Waals surface area contributed by atoms with Gasteiger partial charge in [0.15, 0.2) is 17.0 Å². The fraction of sp³-hybridized carbons (Fsp3) is 0.238. The summed E-state index contributed by atoms with van der Waals surface area (Å²) in [6.45, 7) is 0.416. The largest absolute Gasteiger partial charge is 0.419 e. The van der Waals surface area contributed by atoms with E-state index < -0.39 is 29.4 Å². The normalized spacial score (nSPS) is 15.6. The number of hydrogen-bond acceptors (Lipinski definition) is 7. The number of fused-ring (bicyclic) bond motifs is 2. The smallest absolute Gasteiger partial charge is 0.408 e. The number of halogens is 1. The molecule has 13 heteroatoms. The van der Waals surface area contributed by atoms with Gasteiger partial charge in [-0.3, -0.25) is 19.0 Å². The molecule has 0 radical (unpaired) electrons. The van der Waals surface area contributed by atoms with Gasteiger partial charge in [0.25, 0.3) is 11.8 Å². The Labute approximate surface area is 190 Å². The van der Waals surface area contributed by atoms with Crippen molar-refractivity contribution in [2.75, 3.05) is 13.6 Å². The maximum absolute atomic E-state index is 14.2. The highest BCUT2D eigenvalue weighted by molar-refractivity contribution is 6.01. The Morgan fingerprint density at radius 2 is 2.00 bits per heavy atom. The third kappa shape index (κ3) is 3.46. The van der Waals surface area contributed by atoms with Crippen molar-refractivity contribution in [2.45, 2.75) is 12.6 Å². The van der Waals surface area contributed by atoms with Crippen LogP contribution in [0.25, 0.3) is 16.7 Å². The van der Waals surface area contributed by atoms with Crippen LogP contribution in [0, 0.1) is 5.82 Å². The molecule has 0 bridgehead atoms. The minimum Gasteiger partial charge on any atom is -0.408 e. The van der Waals surface area contributed by atoms with Gasteiger partial charge in [-0.15, -0.1) is 0 Å². The van der Waals surface area contributed by atoms with Gasteiger partial charge >= 0.3 is 5.76 Å². The molecule has 5 rings (SSSR count). The fourth-order valence-electron chi connectivity index (χ4n) is 3.70. The second-order valence-electron chi connectivity index (χ2n) is 7.91. The Balaban J connectivity index is 1.39. The topological polar surface area (TPSA) is 144 Å². The first-order valence-corrected chi connectivity index (χ1v) is 10.2. The molecule has 1 aromatic carbocycles. The summed E-state index contributed by atoms with van der Waals surface area (Å²) in [5.41, 5.74) is 1.01. The van der Waals surface area contributed by atoms with Crippen molar-refractivity contribution >= 4 is 34.5 Å². The van der Waals surface area contributed by atoms with E-state index in [2.05, 4.69) is 20.7 Å². The number of likely N-dealkylation sites (tertiary alicyclic amines) is 1. The van der Waals surface area contributed by atoms with Gasteiger partial charge < -0.3 is 20.0 Å². The summed E-state index contributed by atoms with van der Waals surface area (Å²) in [5.74, 6) is -2.91. The van der Waals surface area contributed by atoms with E-state index >= 15 is 0 Å². The van der Waals surface area contributed by atoms with Crippen LogP contribution >= 0.6 is 0 Å². The zero-order chi connectivity index (χ0) is 24.1. The van der Waals surface area contributed by atoms with Crippen molar-refractivity contribution in [1.82, 2.24) is 34.7 Å². The van der Waals surface area contributed by atoms with Crippen molar-refractivity contribution in [1.29, 1.82) is 0 Å². The van der Waals surface area contributed by atoms with E-state index in [0.717, 1.165) is 10.7 Å². The quantitative estimate of drug-likeness (QED) is 0.387. The van der Waals surface area contributed by atoms with E-state index in [1.165, 1.54) is 15.5 Å². The third-order valence-electron chi connectivity index (χ3n) is 5.64. The van der Waals surface area contributed by atoms with Crippen LogP contribution in [0.4, 0.5) is 4.39 Å². The van der Waals surface area contributed by atoms with Crippen LogP contribution in [-0.2, 0) is 18.4 Å². The van der Waals surface area contributed by atoms with Crippen LogP contribution in [0.2, 0.25) is 0 Å². The SMILES string of the molecule is CN1C[C@H](NC(=O)c2cc(C(=O)NCc3ccc4oc(=O)n(C)c4c3)nc3c(F)cnn23)C1=O. The molecule has 12 nitrogen and oxygen atoms in total. The molecule has 0 spiro atoms. The molecule has 1 aliphatic rings. The van der Waals surface area contributed by atoms with E-state index in [0.29, 0.717) is 23.2 Å². The zero-order valence-corrected chi connectivity index (χ0v) is 18.0. The Morgan fingerprint density at radius 1 is 1.21 bits per heavy atom. The monoisotopic (exact) mass is 467 g/mol. The van der Waals surface area contributed by atoms with Gasteiger partial charge in [-0.2, -0.15) is 5.10 Å². The predicted molar refractivity (Wildman–Crippen MR) is 114 cm³/mol. The highest BCUT2D eigenvalue weighted by Gasteiger charge is 2.35. The summed E-state index contributed by atoms with van der Waals surface area (Å²) in [5, 5.41) is 9.03. The number of rotatable bonds is 5.